The standard InChI is InChI=1S/C22H20FN3O2/c1-15-4-7-21(25-11-15)28-14-20-10-18-9-19(23)6-5-17(18)13-26(20)22(27)16-3-2-8-24-12-16/h2-9,11-12,20H,10,13-14H2,1H3/t20-/m0/s1. The van der Waals surface area contributed by atoms with Gasteiger partial charge in [-0.1, -0.05) is 12.1 Å². The molecule has 1 aromatic carbocycles. The number of hydrogen-bond donors (Lipinski definition) is 0. The third-order valence-corrected chi connectivity index (χ3v) is 4.88. The Balaban J connectivity index is 1.59. The number of benzene rings is 1. The fourth-order valence-corrected chi connectivity index (χ4v) is 3.38. The van der Waals surface area contributed by atoms with Crippen LogP contribution < -0.4 is 4.74 Å². The van der Waals surface area contributed by atoms with E-state index >= 15 is 0 Å². The second-order valence-electron chi connectivity index (χ2n) is 6.93. The molecular formula is C22H20FN3O2. The summed E-state index contributed by atoms with van der Waals surface area (Å²) >= 11 is 0. The van der Waals surface area contributed by atoms with Gasteiger partial charge in [0.1, 0.15) is 12.4 Å². The van der Waals surface area contributed by atoms with Gasteiger partial charge in [0, 0.05) is 31.2 Å². The minimum absolute atomic E-state index is 0.117. The van der Waals surface area contributed by atoms with Gasteiger partial charge in [-0.25, -0.2) is 9.37 Å². The van der Waals surface area contributed by atoms with Crippen molar-refractivity contribution in [2.75, 3.05) is 6.61 Å². The van der Waals surface area contributed by atoms with E-state index in [0.717, 1.165) is 16.7 Å². The first-order valence-electron chi connectivity index (χ1n) is 9.14. The monoisotopic (exact) mass is 377 g/mol. The Morgan fingerprint density at radius 2 is 2.11 bits per heavy atom. The van der Waals surface area contributed by atoms with E-state index in [0.29, 0.717) is 24.4 Å². The number of aromatic nitrogens is 2. The quantitative estimate of drug-likeness (QED) is 0.698. The molecule has 4 rings (SSSR count). The first-order chi connectivity index (χ1) is 13.6. The van der Waals surface area contributed by atoms with Crippen molar-refractivity contribution in [2.45, 2.75) is 25.9 Å². The van der Waals surface area contributed by atoms with E-state index in [9.17, 15) is 9.18 Å². The highest BCUT2D eigenvalue weighted by Gasteiger charge is 2.31. The molecule has 1 aliphatic rings. The molecule has 0 N–H and O–H groups in total. The number of carbonyl (C=O) groups excluding carboxylic acids is 1. The van der Waals surface area contributed by atoms with E-state index in [4.69, 9.17) is 4.74 Å². The summed E-state index contributed by atoms with van der Waals surface area (Å²) in [5.41, 5.74) is 3.42. The highest BCUT2D eigenvalue weighted by Crippen LogP contribution is 2.26. The lowest BCUT2D eigenvalue weighted by atomic mass is 9.93. The molecule has 5 nitrogen and oxygen atoms in total. The predicted octanol–water partition coefficient (Wildman–Crippen LogP) is 3.57. The largest absolute Gasteiger partial charge is 0.475 e. The van der Waals surface area contributed by atoms with Crippen molar-refractivity contribution < 1.29 is 13.9 Å². The average molecular weight is 377 g/mol. The fourth-order valence-electron chi connectivity index (χ4n) is 3.38. The molecule has 28 heavy (non-hydrogen) atoms. The van der Waals surface area contributed by atoms with E-state index in [1.54, 1.807) is 53.8 Å². The van der Waals surface area contributed by atoms with Crippen LogP contribution in [0.5, 0.6) is 5.88 Å². The molecule has 0 radical (unpaired) electrons. The molecule has 0 aliphatic carbocycles. The maximum atomic E-state index is 13.7. The molecule has 0 saturated carbocycles. The minimum atomic E-state index is -0.273. The number of nitrogens with zero attached hydrogens (tertiary/aromatic N) is 3. The van der Waals surface area contributed by atoms with Crippen molar-refractivity contribution in [1.29, 1.82) is 0 Å². The Bertz CT molecular complexity index is 977. The molecule has 1 amide bonds. The molecule has 1 aliphatic heterocycles. The number of aryl methyl sites for hydroxylation is 1. The van der Waals surface area contributed by atoms with Crippen molar-refractivity contribution in [1.82, 2.24) is 14.9 Å². The molecule has 142 valence electrons. The van der Waals surface area contributed by atoms with Crippen molar-refractivity contribution in [3.8, 4) is 5.88 Å². The summed E-state index contributed by atoms with van der Waals surface area (Å²) in [6.07, 6.45) is 5.45. The minimum Gasteiger partial charge on any atom is -0.475 e. The molecule has 0 bridgehead atoms. The third kappa shape index (κ3) is 3.86. The maximum absolute atomic E-state index is 13.7. The van der Waals surface area contributed by atoms with Crippen molar-refractivity contribution >= 4 is 5.91 Å². The molecule has 6 heteroatoms. The maximum Gasteiger partial charge on any atom is 0.256 e. The van der Waals surface area contributed by atoms with Crippen LogP contribution in [0.4, 0.5) is 4.39 Å². The van der Waals surface area contributed by atoms with Crippen LogP contribution in [0.1, 0.15) is 27.0 Å². The van der Waals surface area contributed by atoms with Crippen LogP contribution in [-0.4, -0.2) is 33.4 Å². The number of fused-ring (bicyclic) bond motifs is 1. The van der Waals surface area contributed by atoms with E-state index in [2.05, 4.69) is 9.97 Å². The second kappa shape index (κ2) is 7.76. The zero-order valence-corrected chi connectivity index (χ0v) is 15.5. The third-order valence-electron chi connectivity index (χ3n) is 4.88. The summed E-state index contributed by atoms with van der Waals surface area (Å²) < 4.78 is 19.5. The number of amides is 1. The van der Waals surface area contributed by atoms with E-state index in [1.165, 1.54) is 6.07 Å². The zero-order valence-electron chi connectivity index (χ0n) is 15.5. The SMILES string of the molecule is Cc1ccc(OC[C@@H]2Cc3cc(F)ccc3CN2C(=O)c2cccnc2)nc1. The Labute approximate surface area is 162 Å². The lowest BCUT2D eigenvalue weighted by Crippen LogP contribution is -2.47. The molecule has 0 spiro atoms. The van der Waals surface area contributed by atoms with Crippen LogP contribution in [-0.2, 0) is 13.0 Å². The Hall–Kier alpha value is -3.28. The van der Waals surface area contributed by atoms with Crippen LogP contribution in [0.25, 0.3) is 0 Å². The average Bonchev–Trinajstić information content (AvgIpc) is 2.73. The van der Waals surface area contributed by atoms with Gasteiger partial charge in [-0.05, 0) is 54.3 Å². The van der Waals surface area contributed by atoms with Gasteiger partial charge in [0.15, 0.2) is 0 Å². The topological polar surface area (TPSA) is 55.3 Å². The Morgan fingerprint density at radius 1 is 1.21 bits per heavy atom. The van der Waals surface area contributed by atoms with Crippen LogP contribution in [0.15, 0.2) is 61.1 Å². The van der Waals surface area contributed by atoms with Gasteiger partial charge in [0.05, 0.1) is 11.6 Å². The number of ether oxygens (including phenoxy) is 1. The number of pyridine rings is 2. The van der Waals surface area contributed by atoms with Gasteiger partial charge in [-0.15, -0.1) is 0 Å². The molecule has 0 unspecified atom stereocenters. The van der Waals surface area contributed by atoms with Crippen molar-refractivity contribution in [3.05, 3.63) is 89.1 Å². The first-order valence-corrected chi connectivity index (χ1v) is 9.14. The van der Waals surface area contributed by atoms with E-state index < -0.39 is 0 Å². The van der Waals surface area contributed by atoms with Gasteiger partial charge in [-0.2, -0.15) is 0 Å². The Morgan fingerprint density at radius 3 is 2.86 bits per heavy atom. The highest BCUT2D eigenvalue weighted by molar-refractivity contribution is 5.94. The second-order valence-corrected chi connectivity index (χ2v) is 6.93. The number of carbonyl (C=O) groups is 1. The predicted molar refractivity (Wildman–Crippen MR) is 102 cm³/mol. The van der Waals surface area contributed by atoms with Crippen LogP contribution in [0.3, 0.4) is 0 Å². The summed E-state index contributed by atoms with van der Waals surface area (Å²) in [5.74, 6) is 0.114. The summed E-state index contributed by atoms with van der Waals surface area (Å²) in [5, 5.41) is 0. The molecular weight excluding hydrogens is 357 g/mol. The molecule has 3 heterocycles. The Kier molecular flexibility index (Phi) is 5.02. The van der Waals surface area contributed by atoms with Crippen LogP contribution in [0, 0.1) is 12.7 Å². The summed E-state index contributed by atoms with van der Waals surface area (Å²) in [4.78, 5) is 23.2. The highest BCUT2D eigenvalue weighted by atomic mass is 19.1. The summed E-state index contributed by atoms with van der Waals surface area (Å²) in [7, 11) is 0. The lowest BCUT2D eigenvalue weighted by Gasteiger charge is -2.36. The lowest BCUT2D eigenvalue weighted by molar-refractivity contribution is 0.0562. The summed E-state index contributed by atoms with van der Waals surface area (Å²) in [6, 6.07) is 11.7. The first kappa shape index (κ1) is 18.1. The normalized spacial score (nSPS) is 15.8. The van der Waals surface area contributed by atoms with Gasteiger partial charge in [-0.3, -0.25) is 9.78 Å². The van der Waals surface area contributed by atoms with Crippen LogP contribution in [0.2, 0.25) is 0 Å². The van der Waals surface area contributed by atoms with Gasteiger partial charge < -0.3 is 9.64 Å². The number of rotatable bonds is 4. The van der Waals surface area contributed by atoms with Crippen molar-refractivity contribution in [3.63, 3.8) is 0 Å². The smallest absolute Gasteiger partial charge is 0.256 e. The van der Waals surface area contributed by atoms with Gasteiger partial charge in [0.2, 0.25) is 5.88 Å². The number of halogens is 1. The van der Waals surface area contributed by atoms with E-state index in [-0.39, 0.29) is 24.4 Å². The molecule has 0 saturated heterocycles. The van der Waals surface area contributed by atoms with Crippen LogP contribution >= 0.6 is 0 Å². The van der Waals surface area contributed by atoms with Crippen molar-refractivity contribution in [2.24, 2.45) is 0 Å². The number of hydrogen-bond acceptors (Lipinski definition) is 4. The summed E-state index contributed by atoms with van der Waals surface area (Å²) in [6.45, 7) is 2.63. The fraction of sp³-hybridized carbons (Fsp3) is 0.227. The van der Waals surface area contributed by atoms with Gasteiger partial charge >= 0.3 is 0 Å². The van der Waals surface area contributed by atoms with Gasteiger partial charge in [0.25, 0.3) is 5.91 Å². The molecule has 3 aromatic rings. The molecule has 0 fully saturated rings. The molecule has 1 atom stereocenters. The molecule has 2 aromatic heterocycles. The van der Waals surface area contributed by atoms with E-state index in [1.807, 2.05) is 13.0 Å². The zero-order chi connectivity index (χ0) is 19.5.